The first-order valence-corrected chi connectivity index (χ1v) is 15.0. The van der Waals surface area contributed by atoms with Crippen LogP contribution in [0, 0.1) is 20.8 Å². The number of aromatic nitrogens is 3. The van der Waals surface area contributed by atoms with Crippen LogP contribution in [0.2, 0.25) is 0 Å². The fourth-order valence-corrected chi connectivity index (χ4v) is 7.15. The number of fused-ring (bicyclic) bond motifs is 2. The molecule has 2 aromatic heterocycles. The average Bonchev–Trinajstić information content (AvgIpc) is 3.29. The highest BCUT2D eigenvalue weighted by Crippen LogP contribution is 2.24. The van der Waals surface area contributed by atoms with Crippen LogP contribution in [0.25, 0.3) is 10.9 Å². The predicted molar refractivity (Wildman–Crippen MR) is 152 cm³/mol. The molecule has 210 valence electrons. The van der Waals surface area contributed by atoms with E-state index in [0.29, 0.717) is 35.4 Å². The minimum Gasteiger partial charge on any atom is -0.493 e. The van der Waals surface area contributed by atoms with E-state index in [1.807, 2.05) is 13.0 Å². The molecule has 5 rings (SSSR count). The number of sulfonamides is 1. The number of carboxylic acid groups (broad SMARTS) is 1. The van der Waals surface area contributed by atoms with Crippen LogP contribution in [0.1, 0.15) is 46.5 Å². The highest BCUT2D eigenvalue weighted by atomic mass is 32.2. The molecule has 9 nitrogen and oxygen atoms in total. The second-order valence-electron chi connectivity index (χ2n) is 10.5. The smallest absolute Gasteiger partial charge is 0.323 e. The Kier molecular flexibility index (Phi) is 7.91. The van der Waals surface area contributed by atoms with Gasteiger partial charge in [-0.1, -0.05) is 23.8 Å². The topological polar surface area (TPSA) is 123 Å². The number of aryl methyl sites for hydroxylation is 5. The molecule has 10 heteroatoms. The monoisotopic (exact) mass is 562 g/mol. The third-order valence-electron chi connectivity index (χ3n) is 7.30. The van der Waals surface area contributed by atoms with Gasteiger partial charge in [0.15, 0.2) is 0 Å². The van der Waals surface area contributed by atoms with Crippen LogP contribution in [0.4, 0.5) is 0 Å². The standard InChI is InChI=1S/C30H34N4O5S/c1-19-14-20(2)29(21(3)15-19)40(37,38)33-27(30(35)36)18-34-28-11-10-25(16-23(28)17-31-34)39-13-12-24-9-8-22-6-4-5-7-26(22)32-24/h8-11,14-17,27,33H,4-7,12-13,18H2,1-3H3,(H,35,36). The second kappa shape index (κ2) is 11.4. The summed E-state index contributed by atoms with van der Waals surface area (Å²) in [4.78, 5) is 17.0. The number of pyridine rings is 1. The molecule has 2 heterocycles. The molecule has 1 aliphatic rings. The molecule has 40 heavy (non-hydrogen) atoms. The Morgan fingerprint density at radius 1 is 1.07 bits per heavy atom. The van der Waals surface area contributed by atoms with E-state index in [9.17, 15) is 18.3 Å². The van der Waals surface area contributed by atoms with Crippen molar-refractivity contribution in [3.05, 3.63) is 82.3 Å². The number of aliphatic carboxylic acids is 1. The maximum absolute atomic E-state index is 13.2. The van der Waals surface area contributed by atoms with E-state index in [-0.39, 0.29) is 11.4 Å². The molecule has 1 aliphatic carbocycles. The number of nitrogens with one attached hydrogen (secondary N) is 1. The molecule has 0 saturated carbocycles. The van der Waals surface area contributed by atoms with E-state index >= 15 is 0 Å². The van der Waals surface area contributed by atoms with Crippen LogP contribution in [0.15, 0.2) is 53.6 Å². The first-order chi connectivity index (χ1) is 19.1. The first-order valence-electron chi connectivity index (χ1n) is 13.5. The maximum Gasteiger partial charge on any atom is 0.323 e. The molecule has 2 aromatic carbocycles. The van der Waals surface area contributed by atoms with Gasteiger partial charge in [0.2, 0.25) is 10.0 Å². The van der Waals surface area contributed by atoms with Crippen molar-refractivity contribution < 1.29 is 23.1 Å². The predicted octanol–water partition coefficient (Wildman–Crippen LogP) is 4.29. The summed E-state index contributed by atoms with van der Waals surface area (Å²) >= 11 is 0. The van der Waals surface area contributed by atoms with Crippen LogP contribution in [0.5, 0.6) is 5.75 Å². The Balaban J connectivity index is 1.26. The average molecular weight is 563 g/mol. The van der Waals surface area contributed by atoms with Crippen molar-refractivity contribution in [3.63, 3.8) is 0 Å². The molecule has 0 bridgehead atoms. The summed E-state index contributed by atoms with van der Waals surface area (Å²) in [6, 6.07) is 11.8. The second-order valence-corrected chi connectivity index (χ2v) is 12.2. The SMILES string of the molecule is Cc1cc(C)c(S(=O)(=O)NC(Cn2ncc3cc(OCCc4ccc5c(n4)CCCC5)ccc32)C(=O)O)c(C)c1. The number of nitrogens with zero attached hydrogens (tertiary/aromatic N) is 3. The van der Waals surface area contributed by atoms with Gasteiger partial charge >= 0.3 is 5.97 Å². The van der Waals surface area contributed by atoms with E-state index in [2.05, 4.69) is 22.0 Å². The van der Waals surface area contributed by atoms with Crippen LogP contribution in [-0.4, -0.2) is 46.9 Å². The van der Waals surface area contributed by atoms with Gasteiger partial charge in [-0.3, -0.25) is 14.5 Å². The summed E-state index contributed by atoms with van der Waals surface area (Å²) in [5, 5.41) is 14.9. The van der Waals surface area contributed by atoms with Gasteiger partial charge in [0.05, 0.1) is 29.8 Å². The molecular weight excluding hydrogens is 528 g/mol. The number of rotatable bonds is 10. The molecule has 1 atom stereocenters. The third kappa shape index (κ3) is 6.03. The van der Waals surface area contributed by atoms with Gasteiger partial charge in [-0.2, -0.15) is 9.82 Å². The lowest BCUT2D eigenvalue weighted by Crippen LogP contribution is -2.44. The molecule has 0 amide bonds. The van der Waals surface area contributed by atoms with Gasteiger partial charge < -0.3 is 9.84 Å². The van der Waals surface area contributed by atoms with Gasteiger partial charge in [0.25, 0.3) is 0 Å². The number of hydrogen-bond acceptors (Lipinski definition) is 6. The zero-order valence-electron chi connectivity index (χ0n) is 23.0. The van der Waals surface area contributed by atoms with Crippen LogP contribution in [-0.2, 0) is 40.6 Å². The van der Waals surface area contributed by atoms with Gasteiger partial charge in [0.1, 0.15) is 11.8 Å². The summed E-state index contributed by atoms with van der Waals surface area (Å²) in [7, 11) is -4.08. The lowest BCUT2D eigenvalue weighted by Gasteiger charge is -2.18. The van der Waals surface area contributed by atoms with Crippen molar-refractivity contribution in [3.8, 4) is 5.75 Å². The Morgan fingerprint density at radius 3 is 2.58 bits per heavy atom. The molecule has 0 radical (unpaired) electrons. The molecule has 0 spiro atoms. The zero-order chi connectivity index (χ0) is 28.4. The highest BCUT2D eigenvalue weighted by Gasteiger charge is 2.29. The summed E-state index contributed by atoms with van der Waals surface area (Å²) in [5.74, 6) is -0.615. The largest absolute Gasteiger partial charge is 0.493 e. The van der Waals surface area contributed by atoms with E-state index < -0.39 is 22.0 Å². The number of benzene rings is 2. The van der Waals surface area contributed by atoms with Gasteiger partial charge in [-0.15, -0.1) is 0 Å². The fourth-order valence-electron chi connectivity index (χ4n) is 5.52. The normalized spacial score (nSPS) is 14.2. The van der Waals surface area contributed by atoms with Crippen molar-refractivity contribution in [2.45, 2.75) is 70.4 Å². The Hall–Kier alpha value is -3.76. The van der Waals surface area contributed by atoms with Crippen molar-refractivity contribution in [1.82, 2.24) is 19.5 Å². The van der Waals surface area contributed by atoms with Crippen molar-refractivity contribution in [2.24, 2.45) is 0 Å². The molecule has 2 N–H and O–H groups in total. The summed E-state index contributed by atoms with van der Waals surface area (Å²) in [5.41, 5.74) is 6.33. The Labute approximate surface area is 234 Å². The minimum absolute atomic E-state index is 0.0991. The molecular formula is C30H34N4O5S. The fraction of sp³-hybridized carbons (Fsp3) is 0.367. The van der Waals surface area contributed by atoms with Crippen molar-refractivity contribution >= 4 is 26.9 Å². The third-order valence-corrected chi connectivity index (χ3v) is 9.08. The van der Waals surface area contributed by atoms with Gasteiger partial charge in [-0.05, 0) is 87.4 Å². The quantitative estimate of drug-likeness (QED) is 0.296. The highest BCUT2D eigenvalue weighted by molar-refractivity contribution is 7.89. The van der Waals surface area contributed by atoms with Crippen LogP contribution in [0.3, 0.4) is 0 Å². The minimum atomic E-state index is -4.08. The van der Waals surface area contributed by atoms with Gasteiger partial charge in [0, 0.05) is 23.2 Å². The summed E-state index contributed by atoms with van der Waals surface area (Å²) < 4.78 is 36.2. The van der Waals surface area contributed by atoms with Crippen LogP contribution < -0.4 is 9.46 Å². The van der Waals surface area contributed by atoms with Crippen LogP contribution >= 0.6 is 0 Å². The molecule has 0 aliphatic heterocycles. The Bertz CT molecular complexity index is 1660. The van der Waals surface area contributed by atoms with E-state index in [0.717, 1.165) is 29.5 Å². The number of carboxylic acids is 1. The number of ether oxygens (including phenoxy) is 1. The van der Waals surface area contributed by atoms with Gasteiger partial charge in [-0.25, -0.2) is 8.42 Å². The molecule has 0 fully saturated rings. The molecule has 4 aromatic rings. The lowest BCUT2D eigenvalue weighted by atomic mass is 9.96. The van der Waals surface area contributed by atoms with E-state index in [1.165, 1.54) is 28.8 Å². The zero-order valence-corrected chi connectivity index (χ0v) is 23.8. The first kappa shape index (κ1) is 27.8. The van der Waals surface area contributed by atoms with Crippen molar-refractivity contribution in [2.75, 3.05) is 6.61 Å². The summed E-state index contributed by atoms with van der Waals surface area (Å²) in [6.07, 6.45) is 6.90. The van der Waals surface area contributed by atoms with E-state index in [4.69, 9.17) is 9.72 Å². The Morgan fingerprint density at radius 2 is 1.82 bits per heavy atom. The van der Waals surface area contributed by atoms with E-state index in [1.54, 1.807) is 44.3 Å². The molecule has 1 unspecified atom stereocenters. The van der Waals surface area contributed by atoms with Crippen molar-refractivity contribution in [1.29, 1.82) is 0 Å². The number of carbonyl (C=O) groups is 1. The number of hydrogen-bond donors (Lipinski definition) is 2. The maximum atomic E-state index is 13.2. The molecule has 0 saturated heterocycles. The lowest BCUT2D eigenvalue weighted by molar-refractivity contribution is -0.139. The summed E-state index contributed by atoms with van der Waals surface area (Å²) in [6.45, 7) is 5.59.